The van der Waals surface area contributed by atoms with Gasteiger partial charge in [0.25, 0.3) is 0 Å². The van der Waals surface area contributed by atoms with Crippen LogP contribution in [0.4, 0.5) is 0 Å². The lowest BCUT2D eigenvalue weighted by atomic mass is 10.1. The Bertz CT molecular complexity index is 211. The van der Waals surface area contributed by atoms with Crippen molar-refractivity contribution in [3.8, 4) is 0 Å². The molecule has 1 aliphatic rings. The van der Waals surface area contributed by atoms with Crippen molar-refractivity contribution in [1.29, 1.82) is 0 Å². The van der Waals surface area contributed by atoms with Gasteiger partial charge in [0, 0.05) is 6.04 Å². The van der Waals surface area contributed by atoms with E-state index in [1.807, 2.05) is 0 Å². The third-order valence-electron chi connectivity index (χ3n) is 1.68. The van der Waals surface area contributed by atoms with E-state index in [9.17, 15) is 8.42 Å². The quantitative estimate of drug-likeness (QED) is 0.457. The largest absolute Gasteiger partial charge is 0.390 e. The van der Waals surface area contributed by atoms with Crippen molar-refractivity contribution >= 4 is 9.84 Å². The summed E-state index contributed by atoms with van der Waals surface area (Å²) in [5.74, 6) is -0.0562. The van der Waals surface area contributed by atoms with Crippen molar-refractivity contribution in [3.63, 3.8) is 0 Å². The average molecular weight is 165 g/mol. The fraction of sp³-hybridized carbons (Fsp3) is 1.00. The second kappa shape index (κ2) is 2.48. The molecule has 0 saturated carbocycles. The summed E-state index contributed by atoms with van der Waals surface area (Å²) in [5.41, 5.74) is 5.38. The van der Waals surface area contributed by atoms with Crippen LogP contribution >= 0.6 is 0 Å². The average Bonchev–Trinajstić information content (AvgIpc) is 1.79. The highest BCUT2D eigenvalue weighted by atomic mass is 32.2. The second-order valence-corrected chi connectivity index (χ2v) is 4.86. The Kier molecular flexibility index (Phi) is 1.98. The van der Waals surface area contributed by atoms with Crippen LogP contribution in [0.5, 0.6) is 0 Å². The first kappa shape index (κ1) is 7.97. The molecule has 1 fully saturated rings. The van der Waals surface area contributed by atoms with E-state index in [-0.39, 0.29) is 17.5 Å². The molecular weight excluding hydrogens is 154 g/mol. The van der Waals surface area contributed by atoms with Crippen molar-refractivity contribution in [2.75, 3.05) is 11.5 Å². The summed E-state index contributed by atoms with van der Waals surface area (Å²) in [7, 11) is -2.99. The van der Waals surface area contributed by atoms with Crippen molar-refractivity contribution < 1.29 is 13.5 Å². The van der Waals surface area contributed by atoms with Gasteiger partial charge in [-0.15, -0.1) is 0 Å². The summed E-state index contributed by atoms with van der Waals surface area (Å²) in [6.45, 7) is 0. The fourth-order valence-corrected chi connectivity index (χ4v) is 2.54. The molecule has 4 nitrogen and oxygen atoms in total. The summed E-state index contributed by atoms with van der Waals surface area (Å²) in [4.78, 5) is 0. The molecule has 5 heteroatoms. The van der Waals surface area contributed by atoms with E-state index >= 15 is 0 Å². The van der Waals surface area contributed by atoms with Gasteiger partial charge in [0.2, 0.25) is 0 Å². The molecular formula is C5H11NO3S. The first-order valence-electron chi connectivity index (χ1n) is 3.15. The predicted octanol–water partition coefficient (Wildman–Crippen LogP) is -1.51. The first-order chi connectivity index (χ1) is 4.51. The minimum Gasteiger partial charge on any atom is -0.390 e. The van der Waals surface area contributed by atoms with Crippen LogP contribution in [0.3, 0.4) is 0 Å². The van der Waals surface area contributed by atoms with Gasteiger partial charge >= 0.3 is 0 Å². The van der Waals surface area contributed by atoms with Crippen LogP contribution in [0, 0.1) is 0 Å². The zero-order chi connectivity index (χ0) is 7.78. The fourth-order valence-electron chi connectivity index (χ4n) is 0.975. The number of hydrogen-bond acceptors (Lipinski definition) is 4. The van der Waals surface area contributed by atoms with Gasteiger partial charge in [0.1, 0.15) is 0 Å². The third kappa shape index (κ3) is 1.68. The zero-order valence-corrected chi connectivity index (χ0v) is 6.34. The lowest BCUT2D eigenvalue weighted by Gasteiger charge is -2.23. The Hall–Kier alpha value is -0.130. The normalized spacial score (nSPS) is 39.4. The smallest absolute Gasteiger partial charge is 0.152 e. The van der Waals surface area contributed by atoms with Gasteiger partial charge in [0.05, 0.1) is 17.6 Å². The Morgan fingerprint density at radius 2 is 2.10 bits per heavy atom. The topological polar surface area (TPSA) is 80.4 Å². The molecule has 0 aliphatic carbocycles. The minimum absolute atomic E-state index is 0.116. The van der Waals surface area contributed by atoms with E-state index < -0.39 is 15.9 Å². The van der Waals surface area contributed by atoms with E-state index in [1.165, 1.54) is 0 Å². The number of aliphatic hydroxyl groups excluding tert-OH is 1. The van der Waals surface area contributed by atoms with Gasteiger partial charge in [-0.25, -0.2) is 8.42 Å². The summed E-state index contributed by atoms with van der Waals surface area (Å²) in [6.07, 6.45) is -0.484. The summed E-state index contributed by atoms with van der Waals surface area (Å²) in [5, 5.41) is 9.01. The molecule has 10 heavy (non-hydrogen) atoms. The molecule has 0 aromatic heterocycles. The number of sulfone groups is 1. The third-order valence-corrected chi connectivity index (χ3v) is 3.39. The van der Waals surface area contributed by atoms with Gasteiger partial charge in [-0.2, -0.15) is 0 Å². The summed E-state index contributed by atoms with van der Waals surface area (Å²) < 4.78 is 21.6. The van der Waals surface area contributed by atoms with E-state index in [4.69, 9.17) is 10.8 Å². The van der Waals surface area contributed by atoms with Crippen LogP contribution < -0.4 is 5.73 Å². The Labute approximate surface area is 60.0 Å². The molecule has 0 radical (unpaired) electrons. The standard InChI is InChI=1S/C5H11NO3S/c6-4-1-2-10(8,9)3-5(4)7/h4-5,7H,1-3,6H2/t4-,5-/m1/s1. The highest BCUT2D eigenvalue weighted by Gasteiger charge is 2.28. The lowest BCUT2D eigenvalue weighted by molar-refractivity contribution is 0.159. The molecule has 0 amide bonds. The van der Waals surface area contributed by atoms with E-state index in [0.717, 1.165) is 0 Å². The molecule has 0 spiro atoms. The molecule has 1 aliphatic heterocycles. The maximum atomic E-state index is 10.8. The van der Waals surface area contributed by atoms with E-state index in [1.54, 1.807) is 0 Å². The molecule has 1 rings (SSSR count). The zero-order valence-electron chi connectivity index (χ0n) is 5.53. The van der Waals surface area contributed by atoms with Crippen molar-refractivity contribution in [1.82, 2.24) is 0 Å². The minimum atomic E-state index is -2.99. The molecule has 60 valence electrons. The number of rotatable bonds is 0. The first-order valence-corrected chi connectivity index (χ1v) is 4.97. The number of aliphatic hydroxyl groups is 1. The highest BCUT2D eigenvalue weighted by molar-refractivity contribution is 7.91. The van der Waals surface area contributed by atoms with E-state index in [2.05, 4.69) is 0 Å². The van der Waals surface area contributed by atoms with Crippen LogP contribution in [0.1, 0.15) is 6.42 Å². The number of nitrogens with two attached hydrogens (primary N) is 1. The Balaban J connectivity index is 2.66. The lowest BCUT2D eigenvalue weighted by Crippen LogP contribution is -2.45. The van der Waals surface area contributed by atoms with Crippen LogP contribution in [0.25, 0.3) is 0 Å². The van der Waals surface area contributed by atoms with Gasteiger partial charge in [-0.1, -0.05) is 0 Å². The monoisotopic (exact) mass is 165 g/mol. The predicted molar refractivity (Wildman–Crippen MR) is 37.3 cm³/mol. The van der Waals surface area contributed by atoms with Crippen LogP contribution in [0.2, 0.25) is 0 Å². The van der Waals surface area contributed by atoms with Crippen LogP contribution in [0.15, 0.2) is 0 Å². The Morgan fingerprint density at radius 1 is 1.50 bits per heavy atom. The number of hydrogen-bond donors (Lipinski definition) is 2. The SMILES string of the molecule is N[C@@H]1CCS(=O)(=O)C[C@H]1O. The maximum absolute atomic E-state index is 10.8. The summed E-state index contributed by atoms with van der Waals surface area (Å²) >= 11 is 0. The van der Waals surface area contributed by atoms with Gasteiger partial charge in [0.15, 0.2) is 9.84 Å². The highest BCUT2D eigenvalue weighted by Crippen LogP contribution is 2.10. The summed E-state index contributed by atoms with van der Waals surface area (Å²) in [6, 6.07) is -0.358. The maximum Gasteiger partial charge on any atom is 0.152 e. The molecule has 1 heterocycles. The molecule has 0 aromatic carbocycles. The molecule has 2 atom stereocenters. The van der Waals surface area contributed by atoms with Gasteiger partial charge < -0.3 is 10.8 Å². The van der Waals surface area contributed by atoms with Gasteiger partial charge in [-0.3, -0.25) is 0 Å². The second-order valence-electron chi connectivity index (χ2n) is 2.63. The van der Waals surface area contributed by atoms with Crippen LogP contribution in [-0.4, -0.2) is 37.2 Å². The van der Waals surface area contributed by atoms with Crippen molar-refractivity contribution in [2.24, 2.45) is 5.73 Å². The van der Waals surface area contributed by atoms with E-state index in [0.29, 0.717) is 6.42 Å². The molecule has 0 unspecified atom stereocenters. The van der Waals surface area contributed by atoms with Crippen LogP contribution in [-0.2, 0) is 9.84 Å². The van der Waals surface area contributed by atoms with Gasteiger partial charge in [-0.05, 0) is 6.42 Å². The molecule has 0 bridgehead atoms. The van der Waals surface area contributed by atoms with Crippen molar-refractivity contribution in [3.05, 3.63) is 0 Å². The molecule has 1 saturated heterocycles. The molecule has 0 aromatic rings. The van der Waals surface area contributed by atoms with Crippen molar-refractivity contribution in [2.45, 2.75) is 18.6 Å². The molecule has 3 N–H and O–H groups in total. The Morgan fingerprint density at radius 3 is 2.50 bits per heavy atom.